The number of para-hydroxylation sites is 1. The van der Waals surface area contributed by atoms with E-state index < -0.39 is 0 Å². The van der Waals surface area contributed by atoms with E-state index in [1.54, 1.807) is 4.52 Å². The smallest absolute Gasteiger partial charge is 0.228 e. The van der Waals surface area contributed by atoms with Crippen molar-refractivity contribution < 1.29 is 9.53 Å². The van der Waals surface area contributed by atoms with Gasteiger partial charge in [-0.2, -0.15) is 5.10 Å². The number of nitrogens with zero attached hydrogens (tertiary/aromatic N) is 2. The lowest BCUT2D eigenvalue weighted by Crippen LogP contribution is -2.13. The third-order valence-corrected chi connectivity index (χ3v) is 4.16. The van der Waals surface area contributed by atoms with E-state index in [9.17, 15) is 4.79 Å². The molecule has 5 nitrogen and oxygen atoms in total. The molecule has 4 rings (SSSR count). The minimum atomic E-state index is 0.0697. The van der Waals surface area contributed by atoms with Crippen LogP contribution in [-0.4, -0.2) is 22.1 Å². The lowest BCUT2D eigenvalue weighted by Gasteiger charge is -2.10. The Kier molecular flexibility index (Phi) is 3.69. The van der Waals surface area contributed by atoms with Crippen molar-refractivity contribution in [3.63, 3.8) is 0 Å². The molecule has 0 saturated heterocycles. The summed E-state index contributed by atoms with van der Waals surface area (Å²) in [7, 11) is 0. The Bertz CT molecular complexity index is 897. The van der Waals surface area contributed by atoms with E-state index in [0.717, 1.165) is 35.2 Å². The van der Waals surface area contributed by atoms with Crippen LogP contribution >= 0.6 is 0 Å². The van der Waals surface area contributed by atoms with E-state index in [1.807, 2.05) is 49.5 Å². The van der Waals surface area contributed by atoms with Crippen molar-refractivity contribution in [2.24, 2.45) is 5.92 Å². The van der Waals surface area contributed by atoms with E-state index in [2.05, 4.69) is 16.5 Å². The van der Waals surface area contributed by atoms with Crippen molar-refractivity contribution in [1.29, 1.82) is 0 Å². The molecular weight excluding hydrogens is 302 g/mol. The van der Waals surface area contributed by atoms with Crippen molar-refractivity contribution in [3.05, 3.63) is 48.7 Å². The molecule has 5 heteroatoms. The van der Waals surface area contributed by atoms with Gasteiger partial charge in [0, 0.05) is 23.7 Å². The molecule has 1 aliphatic carbocycles. The van der Waals surface area contributed by atoms with Gasteiger partial charge in [0.05, 0.1) is 12.1 Å². The van der Waals surface area contributed by atoms with Crippen molar-refractivity contribution in [2.75, 3.05) is 11.9 Å². The van der Waals surface area contributed by atoms with Crippen molar-refractivity contribution >= 4 is 17.2 Å². The van der Waals surface area contributed by atoms with Gasteiger partial charge in [-0.05, 0) is 43.5 Å². The zero-order valence-electron chi connectivity index (χ0n) is 13.5. The van der Waals surface area contributed by atoms with Crippen molar-refractivity contribution in [2.45, 2.75) is 19.8 Å². The predicted molar refractivity (Wildman–Crippen MR) is 93.2 cm³/mol. The van der Waals surface area contributed by atoms with E-state index in [4.69, 9.17) is 4.74 Å². The zero-order valence-corrected chi connectivity index (χ0v) is 13.5. The van der Waals surface area contributed by atoms with Crippen LogP contribution in [0.15, 0.2) is 48.7 Å². The third-order valence-electron chi connectivity index (χ3n) is 4.16. The average molecular weight is 321 g/mol. The first-order chi connectivity index (χ1) is 11.7. The molecule has 122 valence electrons. The second-order valence-electron chi connectivity index (χ2n) is 6.01. The fourth-order valence-electron chi connectivity index (χ4n) is 2.78. The summed E-state index contributed by atoms with van der Waals surface area (Å²) in [5, 5.41) is 7.30. The number of nitrogens with one attached hydrogen (secondary N) is 1. The number of amides is 1. The van der Waals surface area contributed by atoms with Gasteiger partial charge in [0.2, 0.25) is 5.91 Å². The molecule has 0 radical (unpaired) electrons. The van der Waals surface area contributed by atoms with Gasteiger partial charge in [-0.25, -0.2) is 4.52 Å². The van der Waals surface area contributed by atoms with E-state index in [1.165, 1.54) is 0 Å². The van der Waals surface area contributed by atoms with Crippen molar-refractivity contribution in [3.8, 4) is 16.9 Å². The molecule has 0 atom stereocenters. The highest BCUT2D eigenvalue weighted by Gasteiger charge is 2.30. The predicted octanol–water partition coefficient (Wildman–Crippen LogP) is 3.75. The van der Waals surface area contributed by atoms with Gasteiger partial charge in [-0.1, -0.05) is 18.2 Å². The maximum Gasteiger partial charge on any atom is 0.228 e. The summed E-state index contributed by atoms with van der Waals surface area (Å²) >= 11 is 0. The maximum absolute atomic E-state index is 11.9. The summed E-state index contributed by atoms with van der Waals surface area (Å²) in [5.74, 6) is 1.71. The first kappa shape index (κ1) is 14.8. The SMILES string of the molecule is CCOc1ccccc1-c1ccn2nc(NC(=O)C3CC3)cc2c1. The van der Waals surface area contributed by atoms with Gasteiger partial charge in [-0.15, -0.1) is 0 Å². The molecule has 1 aromatic carbocycles. The topological polar surface area (TPSA) is 55.6 Å². The molecular formula is C19H19N3O2. The number of anilines is 1. The lowest BCUT2D eigenvalue weighted by atomic mass is 10.1. The molecule has 0 bridgehead atoms. The Labute approximate surface area is 140 Å². The Balaban J connectivity index is 1.66. The molecule has 1 aliphatic rings. The van der Waals surface area contributed by atoms with Gasteiger partial charge in [-0.3, -0.25) is 4.79 Å². The molecule has 1 saturated carbocycles. The summed E-state index contributed by atoms with van der Waals surface area (Å²) in [6.45, 7) is 2.61. The molecule has 24 heavy (non-hydrogen) atoms. The molecule has 0 spiro atoms. The minimum Gasteiger partial charge on any atom is -0.493 e. The number of aromatic nitrogens is 2. The van der Waals surface area contributed by atoms with E-state index in [0.29, 0.717) is 12.4 Å². The van der Waals surface area contributed by atoms with Gasteiger partial charge >= 0.3 is 0 Å². The monoisotopic (exact) mass is 321 g/mol. The summed E-state index contributed by atoms with van der Waals surface area (Å²) < 4.78 is 7.49. The number of hydrogen-bond donors (Lipinski definition) is 1. The fourth-order valence-corrected chi connectivity index (χ4v) is 2.78. The first-order valence-corrected chi connectivity index (χ1v) is 8.27. The molecule has 2 heterocycles. The second kappa shape index (κ2) is 6.00. The quantitative estimate of drug-likeness (QED) is 0.778. The second-order valence-corrected chi connectivity index (χ2v) is 6.01. The summed E-state index contributed by atoms with van der Waals surface area (Å²) in [6.07, 6.45) is 3.87. The van der Waals surface area contributed by atoms with Gasteiger partial charge in [0.25, 0.3) is 0 Å². The first-order valence-electron chi connectivity index (χ1n) is 8.27. The molecule has 2 aromatic heterocycles. The number of ether oxygens (including phenoxy) is 1. The number of benzene rings is 1. The lowest BCUT2D eigenvalue weighted by molar-refractivity contribution is -0.117. The summed E-state index contributed by atoms with van der Waals surface area (Å²) in [5.41, 5.74) is 3.04. The van der Waals surface area contributed by atoms with Crippen LogP contribution in [0.4, 0.5) is 5.82 Å². The largest absolute Gasteiger partial charge is 0.493 e. The van der Waals surface area contributed by atoms with Crippen LogP contribution in [0.25, 0.3) is 16.6 Å². The highest BCUT2D eigenvalue weighted by Crippen LogP contribution is 2.32. The maximum atomic E-state index is 11.9. The summed E-state index contributed by atoms with van der Waals surface area (Å²) in [4.78, 5) is 11.9. The Morgan fingerprint density at radius 2 is 2.12 bits per heavy atom. The molecule has 3 aromatic rings. The van der Waals surface area contributed by atoms with E-state index >= 15 is 0 Å². The van der Waals surface area contributed by atoms with Crippen LogP contribution in [0.1, 0.15) is 19.8 Å². The van der Waals surface area contributed by atoms with Gasteiger partial charge in [0.1, 0.15) is 5.75 Å². The molecule has 1 N–H and O–H groups in total. The van der Waals surface area contributed by atoms with Gasteiger partial charge in [0.15, 0.2) is 5.82 Å². The number of rotatable bonds is 5. The standard InChI is InChI=1S/C19H19N3O2/c1-2-24-17-6-4-3-5-16(17)14-9-10-22-15(11-14)12-18(21-22)20-19(23)13-7-8-13/h3-6,9-13H,2,7-8H2,1H3,(H,20,21,23). The Morgan fingerprint density at radius 1 is 1.29 bits per heavy atom. The highest BCUT2D eigenvalue weighted by molar-refractivity contribution is 5.93. The molecule has 1 fully saturated rings. The van der Waals surface area contributed by atoms with Crippen LogP contribution < -0.4 is 10.1 Å². The average Bonchev–Trinajstić information content (AvgIpc) is 3.36. The summed E-state index contributed by atoms with van der Waals surface area (Å²) in [6, 6.07) is 13.9. The molecule has 0 aliphatic heterocycles. The number of carbonyl (C=O) groups is 1. The van der Waals surface area contributed by atoms with E-state index in [-0.39, 0.29) is 11.8 Å². The van der Waals surface area contributed by atoms with Crippen LogP contribution in [0, 0.1) is 5.92 Å². The zero-order chi connectivity index (χ0) is 16.5. The molecule has 0 unspecified atom stereocenters. The van der Waals surface area contributed by atoms with Crippen LogP contribution in [-0.2, 0) is 4.79 Å². The highest BCUT2D eigenvalue weighted by atomic mass is 16.5. The van der Waals surface area contributed by atoms with Crippen LogP contribution in [0.3, 0.4) is 0 Å². The number of fused-ring (bicyclic) bond motifs is 1. The third kappa shape index (κ3) is 2.85. The van der Waals surface area contributed by atoms with Crippen molar-refractivity contribution in [1.82, 2.24) is 9.61 Å². The molecule has 1 amide bonds. The number of pyridine rings is 1. The number of carbonyl (C=O) groups excluding carboxylic acids is 1. The minimum absolute atomic E-state index is 0.0697. The van der Waals surface area contributed by atoms with Crippen LogP contribution in [0.5, 0.6) is 5.75 Å². The fraction of sp³-hybridized carbons (Fsp3) is 0.263. The Hall–Kier alpha value is -2.82. The normalized spacial score (nSPS) is 13.9. The number of hydrogen-bond acceptors (Lipinski definition) is 3. The van der Waals surface area contributed by atoms with Crippen LogP contribution in [0.2, 0.25) is 0 Å². The van der Waals surface area contributed by atoms with Gasteiger partial charge < -0.3 is 10.1 Å². The Morgan fingerprint density at radius 3 is 2.92 bits per heavy atom.